The van der Waals surface area contributed by atoms with Crippen molar-refractivity contribution in [2.45, 2.75) is 25.7 Å². The zero-order chi connectivity index (χ0) is 26.6. The molecule has 1 amide bonds. The summed E-state index contributed by atoms with van der Waals surface area (Å²) in [6.45, 7) is 5.47. The average molecular weight is 580 g/mol. The summed E-state index contributed by atoms with van der Waals surface area (Å²) in [6.07, 6.45) is 1.57. The molecule has 0 aliphatic carbocycles. The van der Waals surface area contributed by atoms with Crippen LogP contribution in [0.4, 0.5) is 5.69 Å². The van der Waals surface area contributed by atoms with Gasteiger partial charge in [0.05, 0.1) is 16.8 Å². The number of carbonyl (C=O) groups is 1. The smallest absolute Gasteiger partial charge is 0.264 e. The topological polar surface area (TPSA) is 83.8 Å². The van der Waals surface area contributed by atoms with Crippen LogP contribution in [0.5, 0.6) is 0 Å². The van der Waals surface area contributed by atoms with Crippen LogP contribution in [0.3, 0.4) is 0 Å². The van der Waals surface area contributed by atoms with Crippen molar-refractivity contribution in [3.63, 3.8) is 0 Å². The number of amides is 1. The Hall–Kier alpha value is -3.69. The Kier molecular flexibility index (Phi) is 7.94. The second-order valence-corrected chi connectivity index (χ2v) is 11.4. The lowest BCUT2D eigenvalue weighted by molar-refractivity contribution is -0.119. The number of nitrogens with zero attached hydrogens (tertiary/aromatic N) is 3. The molecule has 0 saturated heterocycles. The van der Waals surface area contributed by atoms with Gasteiger partial charge < -0.3 is 4.57 Å². The fraction of sp³-hybridized carbons (Fsp3) is 0.143. The van der Waals surface area contributed by atoms with Crippen LogP contribution in [0, 0.1) is 20.8 Å². The Labute approximate surface area is 225 Å². The van der Waals surface area contributed by atoms with E-state index in [1.807, 2.05) is 51.1 Å². The van der Waals surface area contributed by atoms with Crippen molar-refractivity contribution in [2.75, 3.05) is 10.8 Å². The Bertz CT molecular complexity index is 1530. The van der Waals surface area contributed by atoms with Crippen LogP contribution in [-0.2, 0) is 14.8 Å². The number of hydrogen-bond acceptors (Lipinski definition) is 4. The van der Waals surface area contributed by atoms with Gasteiger partial charge in [0, 0.05) is 27.1 Å². The maximum atomic E-state index is 13.4. The molecule has 0 spiro atoms. The van der Waals surface area contributed by atoms with E-state index in [1.165, 1.54) is 12.1 Å². The molecule has 0 bridgehead atoms. The van der Waals surface area contributed by atoms with E-state index >= 15 is 0 Å². The molecule has 1 N–H and O–H groups in total. The van der Waals surface area contributed by atoms with Crippen LogP contribution in [0.2, 0.25) is 0 Å². The second kappa shape index (κ2) is 11.1. The highest BCUT2D eigenvalue weighted by Gasteiger charge is 2.27. The number of rotatable bonds is 8. The van der Waals surface area contributed by atoms with Crippen LogP contribution in [-0.4, -0.2) is 31.7 Å². The molecule has 0 atom stereocenters. The third-order valence-corrected chi connectivity index (χ3v) is 8.21. The van der Waals surface area contributed by atoms with Crippen molar-refractivity contribution in [3.8, 4) is 5.69 Å². The highest BCUT2D eigenvalue weighted by molar-refractivity contribution is 9.10. The molecule has 0 fully saturated rings. The first-order valence-electron chi connectivity index (χ1n) is 11.6. The van der Waals surface area contributed by atoms with Gasteiger partial charge in [0.1, 0.15) is 6.54 Å². The lowest BCUT2D eigenvalue weighted by Crippen LogP contribution is -2.39. The summed E-state index contributed by atoms with van der Waals surface area (Å²) in [7, 11) is -3.97. The zero-order valence-corrected chi connectivity index (χ0v) is 23.1. The molecule has 1 heterocycles. The molecule has 190 valence electrons. The van der Waals surface area contributed by atoms with E-state index in [0.717, 1.165) is 37.0 Å². The molecule has 7 nitrogen and oxygen atoms in total. The summed E-state index contributed by atoms with van der Waals surface area (Å²) >= 11 is 3.46. The Morgan fingerprint density at radius 2 is 1.62 bits per heavy atom. The number of hydrogen-bond donors (Lipinski definition) is 1. The molecule has 4 rings (SSSR count). The Morgan fingerprint density at radius 1 is 0.973 bits per heavy atom. The number of aryl methyl sites for hydroxylation is 2. The molecular formula is C28H27BrN4O3S. The lowest BCUT2D eigenvalue weighted by atomic mass is 10.2. The van der Waals surface area contributed by atoms with E-state index < -0.39 is 22.5 Å². The second-order valence-electron chi connectivity index (χ2n) is 8.59. The van der Waals surface area contributed by atoms with Crippen LogP contribution in [0.15, 0.2) is 99.4 Å². The van der Waals surface area contributed by atoms with Gasteiger partial charge in [0.25, 0.3) is 15.9 Å². The summed E-state index contributed by atoms with van der Waals surface area (Å²) in [5.74, 6) is -0.557. The van der Waals surface area contributed by atoms with Crippen LogP contribution < -0.4 is 9.73 Å². The van der Waals surface area contributed by atoms with Crippen molar-refractivity contribution < 1.29 is 13.2 Å². The first-order chi connectivity index (χ1) is 17.7. The molecule has 0 saturated carbocycles. The lowest BCUT2D eigenvalue weighted by Gasteiger charge is -2.23. The number of sulfonamides is 1. The fourth-order valence-electron chi connectivity index (χ4n) is 3.99. The summed E-state index contributed by atoms with van der Waals surface area (Å²) in [5, 5.41) is 4.11. The van der Waals surface area contributed by atoms with Gasteiger partial charge in [0.15, 0.2) is 0 Å². The standard InChI is InChI=1S/C28H27BrN4O3S/c1-20-9-13-25(14-10-20)32(37(35,36)27-7-5-4-6-8-27)19-28(34)31-30-18-23-17-21(2)33(22(23)3)26-15-11-24(29)12-16-26/h4-18H,19H2,1-3H3,(H,31,34)/b30-18+. The van der Waals surface area contributed by atoms with Crippen molar-refractivity contribution in [1.82, 2.24) is 9.99 Å². The minimum absolute atomic E-state index is 0.104. The molecule has 9 heteroatoms. The van der Waals surface area contributed by atoms with Crippen molar-refractivity contribution in [3.05, 3.63) is 112 Å². The number of halogens is 1. The van der Waals surface area contributed by atoms with E-state index in [2.05, 4.69) is 31.0 Å². The predicted octanol–water partition coefficient (Wildman–Crippen LogP) is 5.51. The molecule has 1 aromatic heterocycles. The zero-order valence-electron chi connectivity index (χ0n) is 20.7. The predicted molar refractivity (Wildman–Crippen MR) is 151 cm³/mol. The van der Waals surface area contributed by atoms with Crippen molar-refractivity contribution in [2.24, 2.45) is 5.10 Å². The highest BCUT2D eigenvalue weighted by Crippen LogP contribution is 2.24. The van der Waals surface area contributed by atoms with Crippen molar-refractivity contribution in [1.29, 1.82) is 0 Å². The highest BCUT2D eigenvalue weighted by atomic mass is 79.9. The first kappa shape index (κ1) is 26.4. The number of nitrogens with one attached hydrogen (secondary N) is 1. The van der Waals surface area contributed by atoms with Gasteiger partial charge in [-0.3, -0.25) is 9.10 Å². The SMILES string of the molecule is Cc1ccc(N(CC(=O)N/N=C/c2cc(C)n(-c3ccc(Br)cc3)c2C)S(=O)(=O)c2ccccc2)cc1. The average Bonchev–Trinajstić information content (AvgIpc) is 3.17. The summed E-state index contributed by atoms with van der Waals surface area (Å²) in [6, 6.07) is 25.0. The molecule has 0 radical (unpaired) electrons. The number of aromatic nitrogens is 1. The van der Waals surface area contributed by atoms with Crippen LogP contribution in [0.1, 0.15) is 22.5 Å². The van der Waals surface area contributed by atoms with Gasteiger partial charge in [-0.1, -0.05) is 51.8 Å². The van der Waals surface area contributed by atoms with E-state index in [1.54, 1.807) is 48.7 Å². The first-order valence-corrected chi connectivity index (χ1v) is 13.8. The normalized spacial score (nSPS) is 11.6. The molecule has 4 aromatic rings. The molecule has 0 aliphatic rings. The molecule has 3 aromatic carbocycles. The fourth-order valence-corrected chi connectivity index (χ4v) is 5.70. The van der Waals surface area contributed by atoms with Gasteiger partial charge in [0.2, 0.25) is 0 Å². The maximum Gasteiger partial charge on any atom is 0.264 e. The minimum Gasteiger partial charge on any atom is -0.318 e. The van der Waals surface area contributed by atoms with Gasteiger partial charge >= 0.3 is 0 Å². The van der Waals surface area contributed by atoms with Gasteiger partial charge in [-0.05, 0) is 75.4 Å². The largest absolute Gasteiger partial charge is 0.318 e. The number of carbonyl (C=O) groups excluding carboxylic acids is 1. The number of benzene rings is 3. The Balaban J connectivity index is 1.53. The van der Waals surface area contributed by atoms with Crippen LogP contribution in [0.25, 0.3) is 5.69 Å². The van der Waals surface area contributed by atoms with E-state index in [-0.39, 0.29) is 4.90 Å². The van der Waals surface area contributed by atoms with E-state index in [0.29, 0.717) is 5.69 Å². The molecule has 0 unspecified atom stereocenters. The van der Waals surface area contributed by atoms with Crippen LogP contribution >= 0.6 is 15.9 Å². The van der Waals surface area contributed by atoms with E-state index in [4.69, 9.17) is 0 Å². The van der Waals surface area contributed by atoms with Gasteiger partial charge in [-0.25, -0.2) is 13.8 Å². The summed E-state index contributed by atoms with van der Waals surface area (Å²) in [5.41, 5.74) is 7.70. The van der Waals surface area contributed by atoms with E-state index in [9.17, 15) is 13.2 Å². The van der Waals surface area contributed by atoms with Crippen molar-refractivity contribution >= 4 is 43.8 Å². The summed E-state index contributed by atoms with van der Waals surface area (Å²) in [4.78, 5) is 12.9. The maximum absolute atomic E-state index is 13.4. The minimum atomic E-state index is -3.97. The quantitative estimate of drug-likeness (QED) is 0.221. The molecule has 0 aliphatic heterocycles. The molecular weight excluding hydrogens is 552 g/mol. The number of anilines is 1. The summed E-state index contributed by atoms with van der Waals surface area (Å²) < 4.78 is 31.0. The van der Waals surface area contributed by atoms with Gasteiger partial charge in [-0.2, -0.15) is 5.10 Å². The van der Waals surface area contributed by atoms with Gasteiger partial charge in [-0.15, -0.1) is 0 Å². The monoisotopic (exact) mass is 578 g/mol. The third-order valence-electron chi connectivity index (χ3n) is 5.89. The number of hydrazone groups is 1. The third kappa shape index (κ3) is 6.00. The molecule has 37 heavy (non-hydrogen) atoms. The Morgan fingerprint density at radius 3 is 2.27 bits per heavy atom.